The molecule has 28 heavy (non-hydrogen) atoms. The van der Waals surface area contributed by atoms with Gasteiger partial charge in [0.1, 0.15) is 0 Å². The summed E-state index contributed by atoms with van der Waals surface area (Å²) in [6.45, 7) is 4.42. The van der Waals surface area contributed by atoms with Crippen LogP contribution in [0.15, 0.2) is 60.7 Å². The first-order valence-electron chi connectivity index (χ1n) is 9.58. The number of allylic oxidation sites excluding steroid dienone is 1. The van der Waals surface area contributed by atoms with Crippen molar-refractivity contribution in [1.82, 2.24) is 9.80 Å². The van der Waals surface area contributed by atoms with E-state index in [-0.39, 0.29) is 11.8 Å². The van der Waals surface area contributed by atoms with Gasteiger partial charge in [-0.15, -0.1) is 0 Å². The maximum Gasteiger partial charge on any atom is 0.246 e. The Balaban J connectivity index is 1.57. The Labute approximate surface area is 171 Å². The van der Waals surface area contributed by atoms with Crippen molar-refractivity contribution < 1.29 is 9.59 Å². The highest BCUT2D eigenvalue weighted by molar-refractivity contribution is 6.30. The van der Waals surface area contributed by atoms with Gasteiger partial charge in [0.2, 0.25) is 11.8 Å². The lowest BCUT2D eigenvalue weighted by Crippen LogP contribution is -2.37. The van der Waals surface area contributed by atoms with E-state index in [0.717, 1.165) is 23.1 Å². The fourth-order valence-corrected chi connectivity index (χ4v) is 3.46. The largest absolute Gasteiger partial charge is 0.341 e. The third-order valence-corrected chi connectivity index (χ3v) is 5.25. The van der Waals surface area contributed by atoms with Crippen molar-refractivity contribution in [2.75, 3.05) is 26.2 Å². The van der Waals surface area contributed by atoms with Gasteiger partial charge in [-0.1, -0.05) is 54.1 Å². The minimum absolute atomic E-state index is 0.00773. The van der Waals surface area contributed by atoms with Crippen LogP contribution in [-0.2, 0) is 16.0 Å². The highest BCUT2D eigenvalue weighted by Crippen LogP contribution is 2.15. The van der Waals surface area contributed by atoms with Crippen LogP contribution >= 0.6 is 11.6 Å². The summed E-state index contributed by atoms with van der Waals surface area (Å²) in [5, 5.41) is 0.666. The molecule has 0 atom stereocenters. The second-order valence-electron chi connectivity index (χ2n) is 7.06. The number of amides is 2. The standard InChI is InChI=1S/C23H25ClN2O2/c1-18(20-6-3-2-4-7-20)16-22(27)25-12-5-13-26(15-14-25)23(28)17-19-8-10-21(24)11-9-19/h2-4,6-11,16H,5,12-15,17H2,1H3/b18-16+. The van der Waals surface area contributed by atoms with Crippen LogP contribution in [0.1, 0.15) is 24.5 Å². The van der Waals surface area contributed by atoms with E-state index >= 15 is 0 Å². The Bertz CT molecular complexity index is 847. The van der Waals surface area contributed by atoms with Gasteiger partial charge in [-0.3, -0.25) is 9.59 Å². The van der Waals surface area contributed by atoms with E-state index in [1.165, 1.54) is 0 Å². The minimum Gasteiger partial charge on any atom is -0.341 e. The summed E-state index contributed by atoms with van der Waals surface area (Å²) in [6.07, 6.45) is 2.84. The second-order valence-corrected chi connectivity index (χ2v) is 7.49. The third kappa shape index (κ3) is 5.46. The number of halogens is 1. The second kappa shape index (κ2) is 9.56. The van der Waals surface area contributed by atoms with Gasteiger partial charge in [0.15, 0.2) is 0 Å². The number of carbonyl (C=O) groups is 2. The first kappa shape index (κ1) is 20.2. The molecule has 5 heteroatoms. The molecule has 1 saturated heterocycles. The van der Waals surface area contributed by atoms with E-state index in [1.807, 2.05) is 59.2 Å². The summed E-state index contributed by atoms with van der Waals surface area (Å²) in [4.78, 5) is 29.0. The third-order valence-electron chi connectivity index (χ3n) is 5.00. The van der Waals surface area contributed by atoms with Gasteiger partial charge in [-0.2, -0.15) is 0 Å². The van der Waals surface area contributed by atoms with Gasteiger partial charge in [-0.05, 0) is 42.2 Å². The molecule has 2 amide bonds. The number of rotatable bonds is 4. The van der Waals surface area contributed by atoms with Crippen LogP contribution < -0.4 is 0 Å². The molecule has 1 fully saturated rings. The number of benzene rings is 2. The maximum absolute atomic E-state index is 12.7. The van der Waals surface area contributed by atoms with Crippen molar-refractivity contribution in [3.8, 4) is 0 Å². The number of hydrogen-bond donors (Lipinski definition) is 0. The van der Waals surface area contributed by atoms with Crippen molar-refractivity contribution in [2.24, 2.45) is 0 Å². The van der Waals surface area contributed by atoms with Gasteiger partial charge in [0, 0.05) is 37.3 Å². The minimum atomic E-state index is 0.00773. The molecule has 2 aromatic rings. The zero-order valence-corrected chi connectivity index (χ0v) is 16.9. The van der Waals surface area contributed by atoms with Crippen LogP contribution in [0.5, 0.6) is 0 Å². The molecule has 1 aliphatic rings. The Morgan fingerprint density at radius 1 is 0.929 bits per heavy atom. The molecular weight excluding hydrogens is 372 g/mol. The Morgan fingerprint density at radius 3 is 2.29 bits per heavy atom. The SMILES string of the molecule is C/C(=C\C(=O)N1CCCN(C(=O)Cc2ccc(Cl)cc2)CC1)c1ccccc1. The quantitative estimate of drug-likeness (QED) is 0.731. The molecule has 0 N–H and O–H groups in total. The zero-order chi connectivity index (χ0) is 19.9. The molecule has 0 unspecified atom stereocenters. The molecule has 0 aromatic heterocycles. The molecule has 4 nitrogen and oxygen atoms in total. The summed E-state index contributed by atoms with van der Waals surface area (Å²) in [7, 11) is 0. The zero-order valence-electron chi connectivity index (χ0n) is 16.1. The summed E-state index contributed by atoms with van der Waals surface area (Å²) >= 11 is 5.90. The number of hydrogen-bond acceptors (Lipinski definition) is 2. The predicted octanol–water partition coefficient (Wildman–Crippen LogP) is 4.05. The molecule has 1 heterocycles. The first-order valence-corrected chi connectivity index (χ1v) is 9.95. The molecule has 1 aliphatic heterocycles. The lowest BCUT2D eigenvalue weighted by Gasteiger charge is -2.22. The van der Waals surface area contributed by atoms with Crippen LogP contribution in [0.2, 0.25) is 5.02 Å². The monoisotopic (exact) mass is 396 g/mol. The number of carbonyl (C=O) groups excluding carboxylic acids is 2. The van der Waals surface area contributed by atoms with Crippen LogP contribution in [0, 0.1) is 0 Å². The average molecular weight is 397 g/mol. The predicted molar refractivity (Wildman–Crippen MR) is 113 cm³/mol. The molecule has 2 aromatic carbocycles. The summed E-state index contributed by atoms with van der Waals surface area (Å²) in [5.74, 6) is 0.0981. The van der Waals surface area contributed by atoms with Gasteiger partial charge in [0.25, 0.3) is 0 Å². The fraction of sp³-hybridized carbons (Fsp3) is 0.304. The molecule has 0 radical (unpaired) electrons. The number of nitrogens with zero attached hydrogens (tertiary/aromatic N) is 2. The van der Waals surface area contributed by atoms with Gasteiger partial charge < -0.3 is 9.80 Å². The Hall–Kier alpha value is -2.59. The molecule has 0 spiro atoms. The van der Waals surface area contributed by atoms with Crippen molar-refractivity contribution in [2.45, 2.75) is 19.8 Å². The molecule has 0 saturated carbocycles. The lowest BCUT2D eigenvalue weighted by molar-refractivity contribution is -0.131. The van der Waals surface area contributed by atoms with E-state index < -0.39 is 0 Å². The van der Waals surface area contributed by atoms with E-state index in [0.29, 0.717) is 37.6 Å². The van der Waals surface area contributed by atoms with Gasteiger partial charge in [-0.25, -0.2) is 0 Å². The van der Waals surface area contributed by atoms with E-state index in [1.54, 1.807) is 18.2 Å². The van der Waals surface area contributed by atoms with Gasteiger partial charge in [0.05, 0.1) is 6.42 Å². The van der Waals surface area contributed by atoms with Crippen LogP contribution in [0.25, 0.3) is 5.57 Å². The highest BCUT2D eigenvalue weighted by Gasteiger charge is 2.21. The Morgan fingerprint density at radius 2 is 1.57 bits per heavy atom. The normalized spacial score (nSPS) is 15.3. The summed E-state index contributed by atoms with van der Waals surface area (Å²) in [5.41, 5.74) is 2.95. The van der Waals surface area contributed by atoms with Gasteiger partial charge >= 0.3 is 0 Å². The van der Waals surface area contributed by atoms with Crippen LogP contribution in [-0.4, -0.2) is 47.8 Å². The van der Waals surface area contributed by atoms with Crippen LogP contribution in [0.4, 0.5) is 0 Å². The molecule has 146 valence electrons. The molecular formula is C23H25ClN2O2. The van der Waals surface area contributed by atoms with Crippen LogP contribution in [0.3, 0.4) is 0 Å². The Kier molecular flexibility index (Phi) is 6.88. The molecule has 3 rings (SSSR count). The van der Waals surface area contributed by atoms with Crippen molar-refractivity contribution in [1.29, 1.82) is 0 Å². The summed E-state index contributed by atoms with van der Waals surface area (Å²) in [6, 6.07) is 17.2. The van der Waals surface area contributed by atoms with E-state index in [9.17, 15) is 9.59 Å². The lowest BCUT2D eigenvalue weighted by atomic mass is 10.1. The van der Waals surface area contributed by atoms with Crippen molar-refractivity contribution in [3.63, 3.8) is 0 Å². The summed E-state index contributed by atoms with van der Waals surface area (Å²) < 4.78 is 0. The highest BCUT2D eigenvalue weighted by atomic mass is 35.5. The maximum atomic E-state index is 12.7. The average Bonchev–Trinajstić information content (AvgIpc) is 2.97. The molecule has 0 bridgehead atoms. The topological polar surface area (TPSA) is 40.6 Å². The fourth-order valence-electron chi connectivity index (χ4n) is 3.34. The van der Waals surface area contributed by atoms with Crippen molar-refractivity contribution >= 4 is 29.0 Å². The smallest absolute Gasteiger partial charge is 0.246 e. The molecule has 0 aliphatic carbocycles. The van der Waals surface area contributed by atoms with E-state index in [4.69, 9.17) is 11.6 Å². The van der Waals surface area contributed by atoms with Crippen molar-refractivity contribution in [3.05, 3.63) is 76.8 Å². The van der Waals surface area contributed by atoms with E-state index in [2.05, 4.69) is 0 Å². The first-order chi connectivity index (χ1) is 13.5.